The topological polar surface area (TPSA) is 242 Å². The van der Waals surface area contributed by atoms with Crippen molar-refractivity contribution in [2.45, 2.75) is 32.8 Å². The van der Waals surface area contributed by atoms with Crippen molar-refractivity contribution in [1.82, 2.24) is 20.3 Å². The quantitative estimate of drug-likeness (QED) is 0.0313. The van der Waals surface area contributed by atoms with E-state index in [2.05, 4.69) is 65.0 Å². The average molecular weight is 895 g/mol. The third-order valence-corrected chi connectivity index (χ3v) is 8.76. The van der Waals surface area contributed by atoms with Gasteiger partial charge in [-0.2, -0.15) is 0 Å². The minimum Gasteiger partial charge on any atom is -0.756 e. The van der Waals surface area contributed by atoms with Crippen LogP contribution < -0.4 is 44.5 Å². The zero-order valence-electron chi connectivity index (χ0n) is 35.2. The van der Waals surface area contributed by atoms with Gasteiger partial charge in [-0.15, -0.1) is 0 Å². The molecule has 4 rings (SSSR count). The molecule has 0 saturated heterocycles. The second-order valence-electron chi connectivity index (χ2n) is 12.7. The SMILES string of the molecule is CC(=O)COCCOCC(=O)NCCOP(=O)([O-])OCC(COC=O)OC=O.CCCCOCCOCCOc1ccc(-c2ccc(-c3cnc4ccccc4n3)cc2)cn1.[Na+]. The van der Waals surface area contributed by atoms with Gasteiger partial charge in [0, 0.05) is 36.5 Å². The number of pyridine rings is 1. The number of fused-ring (bicyclic) bond motifs is 1. The van der Waals surface area contributed by atoms with Crippen LogP contribution in [0.15, 0.2) is 73.1 Å². The summed E-state index contributed by atoms with van der Waals surface area (Å²) >= 11 is 0. The van der Waals surface area contributed by atoms with Crippen molar-refractivity contribution in [2.75, 3.05) is 85.8 Å². The Hall–Kier alpha value is -4.24. The van der Waals surface area contributed by atoms with Gasteiger partial charge in [-0.05, 0) is 37.1 Å². The third kappa shape index (κ3) is 23.3. The first-order valence-electron chi connectivity index (χ1n) is 19.4. The number of nitrogens with zero attached hydrogens (tertiary/aromatic N) is 3. The smallest absolute Gasteiger partial charge is 0.756 e. The van der Waals surface area contributed by atoms with Crippen molar-refractivity contribution < 1.29 is 100 Å². The summed E-state index contributed by atoms with van der Waals surface area (Å²) in [7, 11) is -4.72. The first-order valence-corrected chi connectivity index (χ1v) is 20.8. The summed E-state index contributed by atoms with van der Waals surface area (Å²) in [6, 6.07) is 20.0. The summed E-state index contributed by atoms with van der Waals surface area (Å²) in [5, 5.41) is 2.35. The van der Waals surface area contributed by atoms with Gasteiger partial charge in [-0.25, -0.2) is 9.97 Å². The zero-order valence-corrected chi connectivity index (χ0v) is 38.1. The van der Waals surface area contributed by atoms with Gasteiger partial charge in [-0.1, -0.05) is 49.7 Å². The third-order valence-electron chi connectivity index (χ3n) is 7.79. The molecule has 2 unspecified atom stereocenters. The van der Waals surface area contributed by atoms with E-state index in [-0.39, 0.29) is 81.3 Å². The Kier molecular flexibility index (Phi) is 28.2. The van der Waals surface area contributed by atoms with Crippen molar-refractivity contribution in [3.8, 4) is 28.3 Å². The minimum atomic E-state index is -4.72. The Morgan fingerprint density at radius 1 is 0.742 bits per heavy atom. The van der Waals surface area contributed by atoms with Crippen LogP contribution in [0.3, 0.4) is 0 Å². The molecule has 19 nitrogen and oxygen atoms in total. The number of phosphoric acid groups is 1. The summed E-state index contributed by atoms with van der Waals surface area (Å²) in [5.74, 6) is -0.0506. The van der Waals surface area contributed by atoms with E-state index in [0.29, 0.717) is 32.3 Å². The molecule has 0 radical (unpaired) electrons. The number of aromatic nitrogens is 3. The first-order chi connectivity index (χ1) is 29.6. The van der Waals surface area contributed by atoms with E-state index < -0.39 is 39.7 Å². The molecule has 0 aliphatic heterocycles. The minimum absolute atomic E-state index is 0. The molecule has 0 spiro atoms. The molecule has 0 bridgehead atoms. The van der Waals surface area contributed by atoms with Crippen molar-refractivity contribution in [3.63, 3.8) is 0 Å². The number of rotatable bonds is 31. The number of carbonyl (C=O) groups excluding carboxylic acids is 4. The van der Waals surface area contributed by atoms with Crippen LogP contribution >= 0.6 is 7.82 Å². The number of nitrogens with one attached hydrogen (secondary N) is 1. The molecule has 332 valence electrons. The van der Waals surface area contributed by atoms with Gasteiger partial charge in [0.2, 0.25) is 11.8 Å². The molecular weight excluding hydrogens is 842 g/mol. The average Bonchev–Trinajstić information content (AvgIpc) is 3.27. The monoisotopic (exact) mass is 894 g/mol. The number of phosphoric ester groups is 1. The van der Waals surface area contributed by atoms with Gasteiger partial charge in [0.05, 0.1) is 69.2 Å². The fourth-order valence-corrected chi connectivity index (χ4v) is 5.54. The van der Waals surface area contributed by atoms with Crippen molar-refractivity contribution in [3.05, 3.63) is 73.1 Å². The van der Waals surface area contributed by atoms with E-state index in [9.17, 15) is 28.6 Å². The fourth-order valence-electron chi connectivity index (χ4n) is 4.80. The van der Waals surface area contributed by atoms with E-state index >= 15 is 0 Å². The first kappa shape index (κ1) is 53.9. The molecule has 4 aromatic rings. The number of benzene rings is 2. The predicted molar refractivity (Wildman–Crippen MR) is 218 cm³/mol. The maximum Gasteiger partial charge on any atom is 1.00 e. The molecule has 62 heavy (non-hydrogen) atoms. The number of unbranched alkanes of at least 4 members (excludes halogenated alkanes) is 1. The number of Topliss-reactive ketones (excluding diaryl/α,β-unsaturated/α-hetero) is 1. The molecule has 2 aromatic carbocycles. The van der Waals surface area contributed by atoms with Gasteiger partial charge in [0.15, 0.2) is 11.9 Å². The number of ketones is 1. The molecular formula is C41H52N4NaO15P. The van der Waals surface area contributed by atoms with Crippen LogP contribution in [-0.4, -0.2) is 132 Å². The van der Waals surface area contributed by atoms with Crippen molar-refractivity contribution in [1.29, 1.82) is 0 Å². The Bertz CT molecular complexity index is 1930. The zero-order chi connectivity index (χ0) is 44.0. The number of hydrogen-bond acceptors (Lipinski definition) is 18. The largest absolute Gasteiger partial charge is 1.00 e. The van der Waals surface area contributed by atoms with Crippen LogP contribution in [0.4, 0.5) is 0 Å². The van der Waals surface area contributed by atoms with Crippen LogP contribution in [-0.2, 0) is 61.2 Å². The van der Waals surface area contributed by atoms with Gasteiger partial charge < -0.3 is 52.4 Å². The van der Waals surface area contributed by atoms with Crippen molar-refractivity contribution in [2.24, 2.45) is 0 Å². The molecule has 1 N–H and O–H groups in total. The van der Waals surface area contributed by atoms with Crippen LogP contribution in [0.25, 0.3) is 33.4 Å². The summed E-state index contributed by atoms with van der Waals surface area (Å²) < 4.78 is 55.9. The Labute approximate surface area is 382 Å². The molecule has 0 fully saturated rings. The number of carbonyl (C=O) groups is 4. The maximum absolute atomic E-state index is 11.5. The van der Waals surface area contributed by atoms with Crippen LogP contribution in [0.5, 0.6) is 5.88 Å². The Balaban J connectivity index is 0.000000427. The number of amides is 1. The summed E-state index contributed by atoms with van der Waals surface area (Å²) in [5.41, 5.74) is 5.79. The van der Waals surface area contributed by atoms with Gasteiger partial charge >= 0.3 is 29.6 Å². The molecule has 0 aliphatic rings. The maximum atomic E-state index is 11.5. The van der Waals surface area contributed by atoms with Gasteiger partial charge in [0.1, 0.15) is 26.4 Å². The normalized spacial score (nSPS) is 12.1. The Morgan fingerprint density at radius 3 is 2.08 bits per heavy atom. The summed E-state index contributed by atoms with van der Waals surface area (Å²) in [6.07, 6.45) is 4.75. The summed E-state index contributed by atoms with van der Waals surface area (Å²) in [6.45, 7) is 5.06. The molecule has 0 aliphatic carbocycles. The second kappa shape index (κ2) is 32.4. The van der Waals surface area contributed by atoms with E-state index in [0.717, 1.165) is 52.9 Å². The van der Waals surface area contributed by atoms with E-state index in [1.54, 1.807) is 0 Å². The fraction of sp³-hybridized carbons (Fsp3) is 0.439. The van der Waals surface area contributed by atoms with Gasteiger partial charge in [-0.3, -0.25) is 28.7 Å². The predicted octanol–water partition coefficient (Wildman–Crippen LogP) is 0.516. The number of ether oxygens (including phenoxy) is 7. The van der Waals surface area contributed by atoms with Crippen LogP contribution in [0.2, 0.25) is 0 Å². The van der Waals surface area contributed by atoms with Crippen LogP contribution in [0, 0.1) is 0 Å². The summed E-state index contributed by atoms with van der Waals surface area (Å²) in [4.78, 5) is 67.5. The molecule has 2 heterocycles. The molecule has 1 amide bonds. The van der Waals surface area contributed by atoms with E-state index in [1.807, 2.05) is 48.8 Å². The number of para-hydroxylation sites is 2. The van der Waals surface area contributed by atoms with Crippen molar-refractivity contribution >= 4 is 43.5 Å². The molecule has 2 atom stereocenters. The standard InChI is InChI=1S/C27H29N3O3.C14H24NO12P.Na/c1-2-3-14-31-15-16-32-17-18-33-27-13-12-23(19-29-27)21-8-10-22(11-9-21)26-20-28-24-6-4-5-7-25(24)30-26;1-12(18)6-22-4-5-23-9-14(19)15-2-3-26-28(20,21)27-8-13(25-11-17)7-24-10-16;/h4-13,19-20H,2-3,14-18H2,1H3;10-11,13H,2-9H2,1H3,(H,15,19)(H,20,21);/q;;+1/p-1. The Morgan fingerprint density at radius 2 is 1.40 bits per heavy atom. The second-order valence-corrected chi connectivity index (χ2v) is 14.1. The van der Waals surface area contributed by atoms with E-state index in [4.69, 9.17) is 28.7 Å². The number of hydrogen-bond donors (Lipinski definition) is 1. The molecule has 0 saturated carbocycles. The van der Waals surface area contributed by atoms with Gasteiger partial charge in [0.25, 0.3) is 20.8 Å². The van der Waals surface area contributed by atoms with E-state index in [1.165, 1.54) is 6.92 Å². The molecule has 2 aromatic heterocycles. The van der Waals surface area contributed by atoms with Crippen LogP contribution in [0.1, 0.15) is 26.7 Å². The molecule has 21 heteroatoms.